The summed E-state index contributed by atoms with van der Waals surface area (Å²) in [6.07, 6.45) is 62.6. The van der Waals surface area contributed by atoms with Crippen LogP contribution in [0.4, 0.5) is 0 Å². The molecule has 1 unspecified atom stereocenters. The van der Waals surface area contributed by atoms with E-state index in [1.165, 1.54) is 161 Å². The zero-order valence-corrected chi connectivity index (χ0v) is 40.2. The molecule has 5 nitrogen and oxygen atoms in total. The first-order valence-electron chi connectivity index (χ1n) is 26.2. The Kier molecular flexibility index (Phi) is 49.4. The van der Waals surface area contributed by atoms with E-state index in [4.69, 9.17) is 14.2 Å². The van der Waals surface area contributed by atoms with Gasteiger partial charge >= 0.3 is 11.9 Å². The average molecular weight is 841 g/mol. The molecule has 0 aliphatic heterocycles. The molecule has 0 amide bonds. The highest BCUT2D eigenvalue weighted by Gasteiger charge is 2.17. The Balaban J connectivity index is 4.23. The van der Waals surface area contributed by atoms with Crippen molar-refractivity contribution in [3.8, 4) is 0 Å². The zero-order valence-electron chi connectivity index (χ0n) is 40.2. The summed E-state index contributed by atoms with van der Waals surface area (Å²) in [4.78, 5) is 25.4. The van der Waals surface area contributed by atoms with E-state index in [1.54, 1.807) is 0 Å². The molecular formula is C55H100O5. The molecule has 0 aliphatic rings. The maximum atomic E-state index is 12.8. The summed E-state index contributed by atoms with van der Waals surface area (Å²) in [6, 6.07) is 0. The molecule has 0 saturated carbocycles. The van der Waals surface area contributed by atoms with Crippen molar-refractivity contribution in [3.63, 3.8) is 0 Å². The normalized spacial score (nSPS) is 12.5. The molecule has 350 valence electrons. The van der Waals surface area contributed by atoms with Crippen molar-refractivity contribution < 1.29 is 23.8 Å². The molecule has 0 aromatic heterocycles. The molecule has 0 N–H and O–H groups in total. The molecule has 0 saturated heterocycles. The molecule has 0 aromatic carbocycles. The summed E-state index contributed by atoms with van der Waals surface area (Å²) >= 11 is 0. The monoisotopic (exact) mass is 841 g/mol. The number of rotatable bonds is 48. The van der Waals surface area contributed by atoms with Gasteiger partial charge in [0.25, 0.3) is 0 Å². The number of carbonyl (C=O) groups is 2. The molecule has 0 fully saturated rings. The SMILES string of the molecule is CC/C=C\C/C=C\C/C=C\CCCCCCCCCCOCC(COC(=O)CCCCCCC/C=C\CCCCCCCC)OC(=O)CCCCCCCCCCCCC. The van der Waals surface area contributed by atoms with E-state index < -0.39 is 6.10 Å². The molecule has 0 rings (SSSR count). The predicted octanol–water partition coefficient (Wildman–Crippen LogP) is 17.6. The van der Waals surface area contributed by atoms with Gasteiger partial charge in [-0.3, -0.25) is 9.59 Å². The number of esters is 2. The van der Waals surface area contributed by atoms with Gasteiger partial charge in [-0.1, -0.05) is 223 Å². The highest BCUT2D eigenvalue weighted by atomic mass is 16.6. The number of hydrogen-bond donors (Lipinski definition) is 0. The van der Waals surface area contributed by atoms with Gasteiger partial charge in [0.05, 0.1) is 6.61 Å². The fourth-order valence-electron chi connectivity index (χ4n) is 7.46. The van der Waals surface area contributed by atoms with Crippen molar-refractivity contribution in [1.82, 2.24) is 0 Å². The lowest BCUT2D eigenvalue weighted by atomic mass is 10.1. The first-order valence-corrected chi connectivity index (χ1v) is 26.2. The van der Waals surface area contributed by atoms with E-state index in [0.717, 1.165) is 70.6 Å². The van der Waals surface area contributed by atoms with Gasteiger partial charge in [0.2, 0.25) is 0 Å². The Labute approximate surface area is 373 Å². The quantitative estimate of drug-likeness (QED) is 0.0347. The Morgan fingerprint density at radius 2 is 0.750 bits per heavy atom. The summed E-state index contributed by atoms with van der Waals surface area (Å²) in [7, 11) is 0. The van der Waals surface area contributed by atoms with Crippen LogP contribution in [0.5, 0.6) is 0 Å². The van der Waals surface area contributed by atoms with Crippen molar-refractivity contribution in [3.05, 3.63) is 48.6 Å². The zero-order chi connectivity index (χ0) is 43.5. The maximum Gasteiger partial charge on any atom is 0.306 e. The van der Waals surface area contributed by atoms with Crippen LogP contribution in [0.15, 0.2) is 48.6 Å². The van der Waals surface area contributed by atoms with Crippen LogP contribution in [0.1, 0.15) is 265 Å². The highest BCUT2D eigenvalue weighted by molar-refractivity contribution is 5.70. The van der Waals surface area contributed by atoms with Crippen molar-refractivity contribution in [2.24, 2.45) is 0 Å². The minimum Gasteiger partial charge on any atom is -0.462 e. The average Bonchev–Trinajstić information content (AvgIpc) is 3.25. The third-order valence-electron chi connectivity index (χ3n) is 11.3. The lowest BCUT2D eigenvalue weighted by Gasteiger charge is -2.18. The topological polar surface area (TPSA) is 61.8 Å². The third kappa shape index (κ3) is 48.5. The molecular weight excluding hydrogens is 741 g/mol. The van der Waals surface area contributed by atoms with Gasteiger partial charge in [-0.05, 0) is 77.0 Å². The van der Waals surface area contributed by atoms with E-state index in [9.17, 15) is 9.59 Å². The minimum atomic E-state index is -0.539. The minimum absolute atomic E-state index is 0.0810. The first-order chi connectivity index (χ1) is 29.6. The Morgan fingerprint density at radius 3 is 1.22 bits per heavy atom. The van der Waals surface area contributed by atoms with E-state index in [2.05, 4.69) is 69.4 Å². The molecule has 0 aliphatic carbocycles. The van der Waals surface area contributed by atoms with Crippen LogP contribution < -0.4 is 0 Å². The number of carbonyl (C=O) groups excluding carboxylic acids is 2. The third-order valence-corrected chi connectivity index (χ3v) is 11.3. The second-order valence-corrected chi connectivity index (χ2v) is 17.4. The molecule has 1 atom stereocenters. The highest BCUT2D eigenvalue weighted by Crippen LogP contribution is 2.15. The first kappa shape index (κ1) is 57.9. The van der Waals surface area contributed by atoms with Gasteiger partial charge in [0.1, 0.15) is 6.61 Å². The van der Waals surface area contributed by atoms with Crippen LogP contribution in [0.3, 0.4) is 0 Å². The molecule has 0 bridgehead atoms. The summed E-state index contributed by atoms with van der Waals surface area (Å²) in [5.41, 5.74) is 0. The summed E-state index contributed by atoms with van der Waals surface area (Å²) in [5.74, 6) is -0.401. The van der Waals surface area contributed by atoms with Gasteiger partial charge in [-0.25, -0.2) is 0 Å². The van der Waals surface area contributed by atoms with Crippen molar-refractivity contribution in [2.75, 3.05) is 19.8 Å². The predicted molar refractivity (Wildman–Crippen MR) is 261 cm³/mol. The Morgan fingerprint density at radius 1 is 0.383 bits per heavy atom. The van der Waals surface area contributed by atoms with Crippen LogP contribution >= 0.6 is 0 Å². The van der Waals surface area contributed by atoms with E-state index in [1.807, 2.05) is 0 Å². The fraction of sp³-hybridized carbons (Fsp3) is 0.818. The standard InChI is InChI=1S/C55H100O5/c1-4-7-10-13-16-19-22-24-26-27-28-30-32-35-38-41-44-47-50-58-51-53(60-55(57)49-46-43-40-37-33-21-18-15-12-9-6-3)52-59-54(56)48-45-42-39-36-34-31-29-25-23-20-17-14-11-8-5-2/h7,10,16,19,24-26,29,53H,4-6,8-9,11-15,17-18,20-23,27-28,30-52H2,1-3H3/b10-7-,19-16-,26-24-,29-25-. The van der Waals surface area contributed by atoms with Crippen molar-refractivity contribution >= 4 is 11.9 Å². The van der Waals surface area contributed by atoms with Crippen molar-refractivity contribution in [2.45, 2.75) is 271 Å². The smallest absolute Gasteiger partial charge is 0.306 e. The number of ether oxygens (including phenoxy) is 3. The van der Waals surface area contributed by atoms with Gasteiger partial charge in [-0.15, -0.1) is 0 Å². The summed E-state index contributed by atoms with van der Waals surface area (Å²) < 4.78 is 17.4. The molecule has 0 radical (unpaired) electrons. The molecule has 0 spiro atoms. The van der Waals surface area contributed by atoms with Crippen LogP contribution in [0.2, 0.25) is 0 Å². The van der Waals surface area contributed by atoms with Gasteiger partial charge in [-0.2, -0.15) is 0 Å². The Hall–Kier alpha value is -2.14. The molecule has 0 aromatic rings. The Bertz CT molecular complexity index is 997. The van der Waals surface area contributed by atoms with E-state index in [-0.39, 0.29) is 25.2 Å². The van der Waals surface area contributed by atoms with Crippen LogP contribution in [-0.4, -0.2) is 37.9 Å². The number of hydrogen-bond acceptors (Lipinski definition) is 5. The van der Waals surface area contributed by atoms with Gasteiger partial charge in [0.15, 0.2) is 6.10 Å². The van der Waals surface area contributed by atoms with Crippen LogP contribution in [0, 0.1) is 0 Å². The lowest BCUT2D eigenvalue weighted by molar-refractivity contribution is -0.163. The van der Waals surface area contributed by atoms with Crippen molar-refractivity contribution in [1.29, 1.82) is 0 Å². The van der Waals surface area contributed by atoms with Gasteiger partial charge < -0.3 is 14.2 Å². The summed E-state index contributed by atoms with van der Waals surface area (Å²) in [5, 5.41) is 0. The van der Waals surface area contributed by atoms with E-state index >= 15 is 0 Å². The lowest BCUT2D eigenvalue weighted by Crippen LogP contribution is -2.30. The largest absolute Gasteiger partial charge is 0.462 e. The molecule has 5 heteroatoms. The number of unbranched alkanes of at least 4 members (excludes halogenated alkanes) is 29. The number of allylic oxidation sites excluding steroid dienone is 8. The fourth-order valence-corrected chi connectivity index (χ4v) is 7.46. The second kappa shape index (κ2) is 51.2. The van der Waals surface area contributed by atoms with E-state index in [0.29, 0.717) is 19.4 Å². The van der Waals surface area contributed by atoms with Gasteiger partial charge in [0, 0.05) is 19.4 Å². The molecule has 0 heterocycles. The summed E-state index contributed by atoms with van der Waals surface area (Å²) in [6.45, 7) is 7.71. The maximum absolute atomic E-state index is 12.8. The van der Waals surface area contributed by atoms with Crippen LogP contribution in [0.25, 0.3) is 0 Å². The second-order valence-electron chi connectivity index (χ2n) is 17.4. The molecule has 60 heavy (non-hydrogen) atoms. The van der Waals surface area contributed by atoms with Crippen LogP contribution in [-0.2, 0) is 23.8 Å².